The van der Waals surface area contributed by atoms with Gasteiger partial charge in [0.25, 0.3) is 0 Å². The molecule has 0 atom stereocenters. The van der Waals surface area contributed by atoms with Gasteiger partial charge in [-0.05, 0) is 49.6 Å². The number of hydrogen-bond acceptors (Lipinski definition) is 4. The van der Waals surface area contributed by atoms with E-state index >= 15 is 0 Å². The highest BCUT2D eigenvalue weighted by molar-refractivity contribution is 6.31. The quantitative estimate of drug-likeness (QED) is 0.509. The zero-order valence-corrected chi connectivity index (χ0v) is 18.4. The lowest BCUT2D eigenvalue weighted by Gasteiger charge is -2.36. The Balaban J connectivity index is 1.55. The molecule has 1 N–H and O–H groups in total. The number of nitrogens with zero attached hydrogens (tertiary/aromatic N) is 1. The van der Waals surface area contributed by atoms with Crippen LogP contribution in [0, 0.1) is 0 Å². The second-order valence-corrected chi connectivity index (χ2v) is 8.46. The van der Waals surface area contributed by atoms with E-state index in [1.807, 2.05) is 47.6 Å². The van der Waals surface area contributed by atoms with Crippen LogP contribution in [0.5, 0.6) is 5.75 Å². The maximum atomic E-state index is 12.1. The van der Waals surface area contributed by atoms with Crippen LogP contribution in [-0.4, -0.2) is 23.8 Å². The Morgan fingerprint density at radius 3 is 2.17 bits per heavy atom. The minimum atomic E-state index is -0.361. The van der Waals surface area contributed by atoms with E-state index in [1.165, 1.54) is 0 Å². The van der Waals surface area contributed by atoms with Crippen molar-refractivity contribution in [1.82, 2.24) is 10.4 Å². The molecule has 0 aromatic heterocycles. The van der Waals surface area contributed by atoms with Gasteiger partial charge in [-0.25, -0.2) is 0 Å². The zero-order chi connectivity index (χ0) is 21.6. The normalized spacial score (nSPS) is 14.0. The molecule has 0 aliphatic carbocycles. The first kappa shape index (κ1) is 22.0. The summed E-state index contributed by atoms with van der Waals surface area (Å²) in [6.45, 7) is 6.73. The number of hydrazine groups is 1. The largest absolute Gasteiger partial charge is 0.493 e. The minimum absolute atomic E-state index is 0.0866. The zero-order valence-electron chi connectivity index (χ0n) is 17.6. The molecule has 1 aliphatic rings. The Hall–Kier alpha value is -2.66. The summed E-state index contributed by atoms with van der Waals surface area (Å²) in [7, 11) is 0. The number of ether oxygens (including phenoxy) is 2. The fourth-order valence-corrected chi connectivity index (χ4v) is 3.06. The van der Waals surface area contributed by atoms with Gasteiger partial charge in [-0.3, -0.25) is 9.40 Å². The van der Waals surface area contributed by atoms with Crippen molar-refractivity contribution < 1.29 is 13.9 Å². The van der Waals surface area contributed by atoms with E-state index in [-0.39, 0.29) is 12.2 Å². The van der Waals surface area contributed by atoms with Crippen molar-refractivity contribution in [2.24, 2.45) is 0 Å². The average Bonchev–Trinajstić information content (AvgIpc) is 2.73. The molecule has 6 heteroatoms. The van der Waals surface area contributed by atoms with Crippen molar-refractivity contribution in [1.29, 1.82) is 0 Å². The van der Waals surface area contributed by atoms with E-state index in [2.05, 4.69) is 38.3 Å². The SMILES string of the molecule is CC(C)(C)N1C=C(Cl)C(OCc2ccc(-c3ccc(OCCCF)cc3)cc2)=CN1. The van der Waals surface area contributed by atoms with Gasteiger partial charge >= 0.3 is 0 Å². The summed E-state index contributed by atoms with van der Waals surface area (Å²) in [6.07, 6.45) is 4.03. The first-order valence-corrected chi connectivity index (χ1v) is 10.4. The highest BCUT2D eigenvalue weighted by atomic mass is 35.5. The molecule has 0 spiro atoms. The van der Waals surface area contributed by atoms with Crippen molar-refractivity contribution in [2.45, 2.75) is 39.3 Å². The van der Waals surface area contributed by atoms with Crippen LogP contribution in [0.25, 0.3) is 11.1 Å². The molecule has 30 heavy (non-hydrogen) atoms. The van der Waals surface area contributed by atoms with Crippen LogP contribution in [0.2, 0.25) is 0 Å². The standard InChI is InChI=1S/C24H28ClFN2O2/c1-24(2,3)28-16-22(25)23(15-27-28)30-17-18-5-7-19(8-6-18)20-9-11-21(12-10-20)29-14-4-13-26/h5-12,15-16,27H,4,13-14,17H2,1-3H3. The second-order valence-electron chi connectivity index (χ2n) is 8.06. The molecule has 0 fully saturated rings. The molecule has 0 radical (unpaired) electrons. The van der Waals surface area contributed by atoms with Gasteiger partial charge in [-0.1, -0.05) is 48.0 Å². The maximum absolute atomic E-state index is 12.1. The molecule has 2 aromatic rings. The Morgan fingerprint density at radius 2 is 1.60 bits per heavy atom. The van der Waals surface area contributed by atoms with Crippen LogP contribution in [0.4, 0.5) is 4.39 Å². The van der Waals surface area contributed by atoms with E-state index in [9.17, 15) is 4.39 Å². The van der Waals surface area contributed by atoms with Crippen molar-refractivity contribution in [3.05, 3.63) is 77.3 Å². The van der Waals surface area contributed by atoms with Crippen LogP contribution in [0.3, 0.4) is 0 Å². The predicted molar refractivity (Wildman–Crippen MR) is 120 cm³/mol. The first-order valence-electron chi connectivity index (χ1n) is 10.0. The van der Waals surface area contributed by atoms with Crippen molar-refractivity contribution in [3.8, 4) is 16.9 Å². The van der Waals surface area contributed by atoms with E-state index in [0.29, 0.717) is 30.4 Å². The lowest BCUT2D eigenvalue weighted by atomic mass is 10.0. The first-order chi connectivity index (χ1) is 14.4. The summed E-state index contributed by atoms with van der Waals surface area (Å²) in [5.41, 5.74) is 6.34. The van der Waals surface area contributed by atoms with Crippen LogP contribution in [-0.2, 0) is 11.3 Å². The number of halogens is 2. The molecular formula is C24H28ClFN2O2. The van der Waals surface area contributed by atoms with Crippen LogP contribution < -0.4 is 10.2 Å². The van der Waals surface area contributed by atoms with Gasteiger partial charge in [0, 0.05) is 12.6 Å². The van der Waals surface area contributed by atoms with Gasteiger partial charge in [-0.15, -0.1) is 0 Å². The lowest BCUT2D eigenvalue weighted by Crippen LogP contribution is -2.46. The van der Waals surface area contributed by atoms with Crippen molar-refractivity contribution >= 4 is 11.6 Å². The van der Waals surface area contributed by atoms with Crippen LogP contribution in [0.15, 0.2) is 71.7 Å². The molecule has 0 saturated heterocycles. The highest BCUT2D eigenvalue weighted by Crippen LogP contribution is 2.26. The van der Waals surface area contributed by atoms with Crippen molar-refractivity contribution in [2.75, 3.05) is 13.3 Å². The molecule has 2 aromatic carbocycles. The molecule has 4 nitrogen and oxygen atoms in total. The number of allylic oxidation sites excluding steroid dienone is 1. The van der Waals surface area contributed by atoms with Crippen LogP contribution >= 0.6 is 11.6 Å². The summed E-state index contributed by atoms with van der Waals surface area (Å²) in [4.78, 5) is 0. The number of alkyl halides is 1. The molecule has 0 saturated carbocycles. The smallest absolute Gasteiger partial charge is 0.157 e. The van der Waals surface area contributed by atoms with Gasteiger partial charge < -0.3 is 14.9 Å². The van der Waals surface area contributed by atoms with Gasteiger partial charge in [-0.2, -0.15) is 0 Å². The summed E-state index contributed by atoms with van der Waals surface area (Å²) < 4.78 is 23.5. The molecular weight excluding hydrogens is 403 g/mol. The van der Waals surface area contributed by atoms with Gasteiger partial charge in [0.2, 0.25) is 0 Å². The third-order valence-electron chi connectivity index (χ3n) is 4.62. The fraction of sp³-hybridized carbons (Fsp3) is 0.333. The van der Waals surface area contributed by atoms with E-state index in [4.69, 9.17) is 21.1 Å². The number of rotatable bonds is 8. The average molecular weight is 431 g/mol. The minimum Gasteiger partial charge on any atom is -0.493 e. The summed E-state index contributed by atoms with van der Waals surface area (Å²) in [5.74, 6) is 1.37. The van der Waals surface area contributed by atoms with Gasteiger partial charge in [0.1, 0.15) is 17.4 Å². The monoisotopic (exact) mass is 430 g/mol. The Bertz CT molecular complexity index is 887. The highest BCUT2D eigenvalue weighted by Gasteiger charge is 2.22. The Kier molecular flexibility index (Phi) is 7.27. The number of hydrogen-bond donors (Lipinski definition) is 1. The summed E-state index contributed by atoms with van der Waals surface area (Å²) in [6, 6.07) is 16.0. The van der Waals surface area contributed by atoms with Crippen LogP contribution in [0.1, 0.15) is 32.8 Å². The summed E-state index contributed by atoms with van der Waals surface area (Å²) in [5, 5.41) is 2.50. The van der Waals surface area contributed by atoms with E-state index < -0.39 is 0 Å². The lowest BCUT2D eigenvalue weighted by molar-refractivity contribution is 0.141. The molecule has 0 bridgehead atoms. The topological polar surface area (TPSA) is 33.7 Å². The summed E-state index contributed by atoms with van der Waals surface area (Å²) >= 11 is 6.37. The molecule has 1 aliphatic heterocycles. The maximum Gasteiger partial charge on any atom is 0.157 e. The third kappa shape index (κ3) is 5.92. The molecule has 1 heterocycles. The second kappa shape index (κ2) is 9.90. The molecule has 0 amide bonds. The molecule has 3 rings (SSSR count). The van der Waals surface area contributed by atoms with Crippen molar-refractivity contribution in [3.63, 3.8) is 0 Å². The Morgan fingerprint density at radius 1 is 0.967 bits per heavy atom. The Labute approximate surface area is 182 Å². The molecule has 160 valence electrons. The number of benzene rings is 2. The molecule has 0 unspecified atom stereocenters. The van der Waals surface area contributed by atoms with Gasteiger partial charge in [0.05, 0.1) is 25.0 Å². The fourth-order valence-electron chi connectivity index (χ4n) is 2.85. The van der Waals surface area contributed by atoms with E-state index in [0.717, 1.165) is 22.4 Å². The predicted octanol–water partition coefficient (Wildman–Crippen LogP) is 6.15. The third-order valence-corrected chi connectivity index (χ3v) is 4.90. The number of nitrogens with one attached hydrogen (secondary N) is 1. The van der Waals surface area contributed by atoms with E-state index in [1.54, 1.807) is 6.20 Å². The van der Waals surface area contributed by atoms with Gasteiger partial charge in [0.15, 0.2) is 5.76 Å².